The molecule has 0 saturated heterocycles. The second kappa shape index (κ2) is 4.26. The SMILES string of the molecule is CC(C)[C@]1(O)Oc2c(ccc3cc(CO)ncc23)C1=O. The first-order valence-electron chi connectivity index (χ1n) is 6.46. The number of benzene rings is 1. The van der Waals surface area contributed by atoms with Gasteiger partial charge < -0.3 is 14.9 Å². The van der Waals surface area contributed by atoms with Crippen molar-refractivity contribution in [3.8, 4) is 5.75 Å². The van der Waals surface area contributed by atoms with Crippen molar-refractivity contribution < 1.29 is 19.7 Å². The van der Waals surface area contributed by atoms with Gasteiger partial charge in [0.25, 0.3) is 5.79 Å². The molecular formula is C15H15NO4. The number of ether oxygens (including phenoxy) is 1. The number of nitrogens with zero attached hydrogens (tertiary/aromatic N) is 1. The highest BCUT2D eigenvalue weighted by atomic mass is 16.6. The van der Waals surface area contributed by atoms with Crippen LogP contribution in [0.25, 0.3) is 10.8 Å². The van der Waals surface area contributed by atoms with Crippen LogP contribution in [-0.2, 0) is 6.61 Å². The first-order valence-corrected chi connectivity index (χ1v) is 6.46. The molecular weight excluding hydrogens is 258 g/mol. The van der Waals surface area contributed by atoms with Crippen LogP contribution in [0, 0.1) is 5.92 Å². The summed E-state index contributed by atoms with van der Waals surface area (Å²) in [7, 11) is 0. The Balaban J connectivity index is 2.21. The summed E-state index contributed by atoms with van der Waals surface area (Å²) in [5, 5.41) is 21.0. The van der Waals surface area contributed by atoms with E-state index in [9.17, 15) is 9.90 Å². The summed E-state index contributed by atoms with van der Waals surface area (Å²) in [6, 6.07) is 5.14. The third kappa shape index (κ3) is 1.63. The number of aliphatic hydroxyl groups excluding tert-OH is 1. The highest BCUT2D eigenvalue weighted by molar-refractivity contribution is 6.11. The number of aromatic nitrogens is 1. The lowest BCUT2D eigenvalue weighted by Crippen LogP contribution is -2.45. The van der Waals surface area contributed by atoms with Gasteiger partial charge in [0.1, 0.15) is 5.75 Å². The summed E-state index contributed by atoms with van der Waals surface area (Å²) < 4.78 is 5.56. The van der Waals surface area contributed by atoms with Crippen molar-refractivity contribution >= 4 is 16.6 Å². The van der Waals surface area contributed by atoms with Gasteiger partial charge in [0.15, 0.2) is 0 Å². The van der Waals surface area contributed by atoms with E-state index in [1.54, 1.807) is 38.2 Å². The van der Waals surface area contributed by atoms with Gasteiger partial charge >= 0.3 is 0 Å². The Hall–Kier alpha value is -1.98. The number of hydrogen-bond donors (Lipinski definition) is 2. The summed E-state index contributed by atoms with van der Waals surface area (Å²) >= 11 is 0. The smallest absolute Gasteiger partial charge is 0.275 e. The largest absolute Gasteiger partial charge is 0.453 e. The molecule has 3 rings (SSSR count). The fraction of sp³-hybridized carbons (Fsp3) is 0.333. The highest BCUT2D eigenvalue weighted by Gasteiger charge is 2.49. The molecule has 5 heteroatoms. The second-order valence-electron chi connectivity index (χ2n) is 5.28. The number of carbonyl (C=O) groups excluding carboxylic acids is 1. The fourth-order valence-electron chi connectivity index (χ4n) is 2.39. The number of fused-ring (bicyclic) bond motifs is 3. The van der Waals surface area contributed by atoms with Gasteiger partial charge in [-0.3, -0.25) is 9.78 Å². The molecule has 2 aromatic rings. The Morgan fingerprint density at radius 3 is 2.80 bits per heavy atom. The summed E-state index contributed by atoms with van der Waals surface area (Å²) in [4.78, 5) is 16.4. The molecule has 20 heavy (non-hydrogen) atoms. The van der Waals surface area contributed by atoms with Gasteiger partial charge in [0, 0.05) is 17.5 Å². The van der Waals surface area contributed by atoms with Crippen molar-refractivity contribution in [1.82, 2.24) is 4.98 Å². The molecule has 1 aromatic heterocycles. The van der Waals surface area contributed by atoms with Crippen LogP contribution in [0.4, 0.5) is 0 Å². The maximum Gasteiger partial charge on any atom is 0.275 e. The van der Waals surface area contributed by atoms with E-state index < -0.39 is 11.6 Å². The van der Waals surface area contributed by atoms with Crippen LogP contribution >= 0.6 is 0 Å². The Labute approximate surface area is 115 Å². The van der Waals surface area contributed by atoms with Gasteiger partial charge in [-0.25, -0.2) is 0 Å². The van der Waals surface area contributed by atoms with Gasteiger partial charge in [-0.05, 0) is 17.5 Å². The average Bonchev–Trinajstić information content (AvgIpc) is 2.72. The van der Waals surface area contributed by atoms with E-state index in [-0.39, 0.29) is 12.5 Å². The van der Waals surface area contributed by atoms with E-state index in [1.165, 1.54) is 0 Å². The quantitative estimate of drug-likeness (QED) is 0.869. The minimum absolute atomic E-state index is 0.150. The summed E-state index contributed by atoms with van der Waals surface area (Å²) in [5.74, 6) is -2.23. The molecule has 0 aliphatic carbocycles. The first-order chi connectivity index (χ1) is 9.47. The number of Topliss-reactive ketones (excluding diaryl/α,β-unsaturated/α-hetero) is 1. The van der Waals surface area contributed by atoms with E-state index >= 15 is 0 Å². The molecule has 0 radical (unpaired) electrons. The van der Waals surface area contributed by atoms with Gasteiger partial charge in [-0.1, -0.05) is 19.9 Å². The van der Waals surface area contributed by atoms with Crippen molar-refractivity contribution in [2.45, 2.75) is 26.2 Å². The Morgan fingerprint density at radius 1 is 1.40 bits per heavy atom. The maximum atomic E-state index is 12.3. The normalized spacial score (nSPS) is 21.4. The van der Waals surface area contributed by atoms with Crippen molar-refractivity contribution in [2.75, 3.05) is 0 Å². The number of carbonyl (C=O) groups is 1. The lowest BCUT2D eigenvalue weighted by Gasteiger charge is -2.24. The lowest BCUT2D eigenvalue weighted by atomic mass is 9.95. The third-order valence-electron chi connectivity index (χ3n) is 3.68. The van der Waals surface area contributed by atoms with Gasteiger partial charge in [-0.15, -0.1) is 0 Å². The monoisotopic (exact) mass is 273 g/mol. The Bertz CT molecular complexity index is 710. The average molecular weight is 273 g/mol. The van der Waals surface area contributed by atoms with Crippen LogP contribution in [0.5, 0.6) is 5.75 Å². The molecule has 0 bridgehead atoms. The molecule has 0 spiro atoms. The standard InChI is InChI=1S/C15H15NO4/c1-8(2)15(19)14(18)11-4-3-9-5-10(7-17)16-6-12(9)13(11)20-15/h3-6,8,17,19H,7H2,1-2H3/t15-/m0/s1. The molecule has 0 unspecified atom stereocenters. The molecule has 0 fully saturated rings. The molecule has 1 aliphatic heterocycles. The number of pyridine rings is 1. The van der Waals surface area contributed by atoms with E-state index in [1.807, 2.05) is 0 Å². The van der Waals surface area contributed by atoms with Gasteiger partial charge in [0.2, 0.25) is 5.78 Å². The van der Waals surface area contributed by atoms with Gasteiger partial charge in [-0.2, -0.15) is 0 Å². The van der Waals surface area contributed by atoms with Crippen molar-refractivity contribution in [1.29, 1.82) is 0 Å². The van der Waals surface area contributed by atoms with E-state index in [2.05, 4.69) is 4.98 Å². The lowest BCUT2D eigenvalue weighted by molar-refractivity contribution is -0.120. The number of hydrogen-bond acceptors (Lipinski definition) is 5. The summed E-state index contributed by atoms with van der Waals surface area (Å²) in [6.07, 6.45) is 1.55. The minimum atomic E-state index is -1.81. The zero-order chi connectivity index (χ0) is 14.5. The predicted molar refractivity (Wildman–Crippen MR) is 72.4 cm³/mol. The van der Waals surface area contributed by atoms with Crippen LogP contribution in [-0.4, -0.2) is 26.8 Å². The van der Waals surface area contributed by atoms with Crippen LogP contribution < -0.4 is 4.74 Å². The van der Waals surface area contributed by atoms with Crippen LogP contribution in [0.2, 0.25) is 0 Å². The fourth-order valence-corrected chi connectivity index (χ4v) is 2.39. The maximum absolute atomic E-state index is 12.3. The Kier molecular flexibility index (Phi) is 2.77. The zero-order valence-electron chi connectivity index (χ0n) is 11.3. The molecule has 1 aromatic carbocycles. The minimum Gasteiger partial charge on any atom is -0.453 e. The molecule has 2 N–H and O–H groups in total. The molecule has 0 saturated carbocycles. The van der Waals surface area contributed by atoms with Crippen molar-refractivity contribution in [3.63, 3.8) is 0 Å². The van der Waals surface area contributed by atoms with Crippen molar-refractivity contribution in [3.05, 3.63) is 35.7 Å². The summed E-state index contributed by atoms with van der Waals surface area (Å²) in [6.45, 7) is 3.31. The number of ketones is 1. The van der Waals surface area contributed by atoms with Crippen LogP contribution in [0.15, 0.2) is 24.4 Å². The van der Waals surface area contributed by atoms with E-state index in [4.69, 9.17) is 9.84 Å². The molecule has 1 atom stereocenters. The van der Waals surface area contributed by atoms with E-state index in [0.717, 1.165) is 5.39 Å². The molecule has 104 valence electrons. The van der Waals surface area contributed by atoms with Crippen LogP contribution in [0.3, 0.4) is 0 Å². The highest BCUT2D eigenvalue weighted by Crippen LogP contribution is 2.42. The zero-order valence-corrected chi connectivity index (χ0v) is 11.3. The van der Waals surface area contributed by atoms with E-state index in [0.29, 0.717) is 22.4 Å². The molecule has 2 heterocycles. The summed E-state index contributed by atoms with van der Waals surface area (Å²) in [5.41, 5.74) is 0.910. The first kappa shape index (κ1) is 13.0. The van der Waals surface area contributed by atoms with Crippen LogP contribution in [0.1, 0.15) is 29.9 Å². The molecule has 5 nitrogen and oxygen atoms in total. The van der Waals surface area contributed by atoms with Crippen molar-refractivity contribution in [2.24, 2.45) is 5.92 Å². The Morgan fingerprint density at radius 2 is 2.15 bits per heavy atom. The molecule has 1 aliphatic rings. The third-order valence-corrected chi connectivity index (χ3v) is 3.68. The predicted octanol–water partition coefficient (Wildman–Crippen LogP) is 1.65. The number of rotatable bonds is 2. The van der Waals surface area contributed by atoms with Gasteiger partial charge in [0.05, 0.1) is 17.9 Å². The second-order valence-corrected chi connectivity index (χ2v) is 5.28. The molecule has 0 amide bonds. The topological polar surface area (TPSA) is 79.7 Å². The number of aliphatic hydroxyl groups is 2.